The number of aliphatic hydroxyl groups excluding tert-OH is 1. The lowest BCUT2D eigenvalue weighted by Crippen LogP contribution is -2.29. The van der Waals surface area contributed by atoms with Gasteiger partial charge in [-0.25, -0.2) is 0 Å². The van der Waals surface area contributed by atoms with Crippen LogP contribution in [0.25, 0.3) is 5.76 Å². The molecular weight excluding hydrogens is 446 g/mol. The number of amides is 1. The molecule has 1 heterocycles. The number of Topliss-reactive ketones (excluding diaryl/α,β-unsaturated/α-hetero) is 1. The number of ether oxygens (including phenoxy) is 1. The van der Waals surface area contributed by atoms with Gasteiger partial charge >= 0.3 is 0 Å². The van der Waals surface area contributed by atoms with Crippen LogP contribution in [0.4, 0.5) is 5.69 Å². The van der Waals surface area contributed by atoms with Crippen molar-refractivity contribution < 1.29 is 19.4 Å². The number of benzene rings is 3. The predicted molar refractivity (Wildman–Crippen MR) is 118 cm³/mol. The third-order valence-electron chi connectivity index (χ3n) is 5.03. The molecule has 0 bridgehead atoms. The Balaban J connectivity index is 1.92. The van der Waals surface area contributed by atoms with Gasteiger partial charge in [0.2, 0.25) is 0 Å². The number of carbonyl (C=O) groups excluding carboxylic acids is 2. The quantitative estimate of drug-likeness (QED) is 0.332. The maximum absolute atomic E-state index is 13.0. The second kappa shape index (κ2) is 8.16. The summed E-state index contributed by atoms with van der Waals surface area (Å²) in [4.78, 5) is 27.5. The van der Waals surface area contributed by atoms with Gasteiger partial charge in [0.05, 0.1) is 18.7 Å². The molecule has 30 heavy (non-hydrogen) atoms. The first-order valence-corrected chi connectivity index (χ1v) is 10.1. The fraction of sp³-hybridized carbons (Fsp3) is 0.0833. The Labute approximate surface area is 182 Å². The molecule has 1 N–H and O–H groups in total. The monoisotopic (exact) mass is 463 g/mol. The van der Waals surface area contributed by atoms with E-state index in [1.54, 1.807) is 79.9 Å². The summed E-state index contributed by atoms with van der Waals surface area (Å²) in [5.41, 5.74) is 1.78. The number of halogens is 1. The largest absolute Gasteiger partial charge is 0.507 e. The fourth-order valence-electron chi connectivity index (χ4n) is 3.55. The number of hydrogen-bond donors (Lipinski definition) is 1. The Morgan fingerprint density at radius 1 is 0.933 bits per heavy atom. The lowest BCUT2D eigenvalue weighted by molar-refractivity contribution is -0.132. The van der Waals surface area contributed by atoms with Crippen molar-refractivity contribution >= 4 is 39.1 Å². The molecule has 1 amide bonds. The first-order chi connectivity index (χ1) is 14.5. The molecule has 0 aliphatic carbocycles. The lowest BCUT2D eigenvalue weighted by atomic mass is 9.95. The van der Waals surface area contributed by atoms with Crippen molar-refractivity contribution in [1.29, 1.82) is 0 Å². The van der Waals surface area contributed by atoms with E-state index in [4.69, 9.17) is 4.74 Å². The molecule has 1 fully saturated rings. The van der Waals surface area contributed by atoms with Crippen LogP contribution in [0.1, 0.15) is 17.2 Å². The topological polar surface area (TPSA) is 66.8 Å². The minimum absolute atomic E-state index is 0.0549. The summed E-state index contributed by atoms with van der Waals surface area (Å²) in [5, 5.41) is 11.0. The molecule has 5 nitrogen and oxygen atoms in total. The van der Waals surface area contributed by atoms with Crippen LogP contribution < -0.4 is 9.64 Å². The zero-order chi connectivity index (χ0) is 21.3. The Morgan fingerprint density at radius 3 is 2.17 bits per heavy atom. The van der Waals surface area contributed by atoms with Crippen molar-refractivity contribution in [3.63, 3.8) is 0 Å². The van der Waals surface area contributed by atoms with Crippen LogP contribution >= 0.6 is 15.9 Å². The second-order valence-electron chi connectivity index (χ2n) is 6.78. The smallest absolute Gasteiger partial charge is 0.300 e. The molecule has 0 saturated carbocycles. The highest BCUT2D eigenvalue weighted by Crippen LogP contribution is 2.42. The van der Waals surface area contributed by atoms with E-state index >= 15 is 0 Å². The molecule has 0 radical (unpaired) electrons. The average Bonchev–Trinajstić information content (AvgIpc) is 3.05. The van der Waals surface area contributed by atoms with Gasteiger partial charge in [0, 0.05) is 15.7 Å². The van der Waals surface area contributed by atoms with Gasteiger partial charge in [-0.05, 0) is 42.0 Å². The number of rotatable bonds is 4. The molecule has 3 aromatic carbocycles. The number of aliphatic hydroxyl groups is 1. The molecule has 1 aliphatic rings. The highest BCUT2D eigenvalue weighted by molar-refractivity contribution is 9.10. The van der Waals surface area contributed by atoms with Gasteiger partial charge in [-0.3, -0.25) is 14.5 Å². The predicted octanol–water partition coefficient (Wildman–Crippen LogP) is 5.08. The molecule has 0 unspecified atom stereocenters. The Bertz CT molecular complexity index is 1120. The van der Waals surface area contributed by atoms with Gasteiger partial charge in [-0.15, -0.1) is 0 Å². The molecule has 0 aromatic heterocycles. The van der Waals surface area contributed by atoms with Crippen molar-refractivity contribution in [3.05, 3.63) is 100 Å². The fourth-order valence-corrected chi connectivity index (χ4v) is 3.82. The first-order valence-electron chi connectivity index (χ1n) is 9.27. The van der Waals surface area contributed by atoms with E-state index in [0.717, 1.165) is 4.47 Å². The summed E-state index contributed by atoms with van der Waals surface area (Å²) < 4.78 is 6.08. The standard InChI is InChI=1S/C24H18BrNO4/c1-30-19-13-7-15(8-14-19)21-20(22(27)16-5-3-2-4-6-16)23(28)24(29)26(21)18-11-9-17(25)10-12-18/h2-14,21,27H,1H3/b22-20+/t21-/m0/s1. The van der Waals surface area contributed by atoms with Gasteiger partial charge in [-0.2, -0.15) is 0 Å². The van der Waals surface area contributed by atoms with Crippen LogP contribution in [-0.4, -0.2) is 23.9 Å². The average molecular weight is 464 g/mol. The van der Waals surface area contributed by atoms with E-state index in [2.05, 4.69) is 15.9 Å². The molecule has 0 spiro atoms. The molecule has 150 valence electrons. The number of anilines is 1. The van der Waals surface area contributed by atoms with Crippen molar-refractivity contribution in [2.45, 2.75) is 6.04 Å². The maximum Gasteiger partial charge on any atom is 0.300 e. The summed E-state index contributed by atoms with van der Waals surface area (Å²) in [6.45, 7) is 0. The second-order valence-corrected chi connectivity index (χ2v) is 7.70. The van der Waals surface area contributed by atoms with E-state index < -0.39 is 17.7 Å². The Morgan fingerprint density at radius 2 is 1.57 bits per heavy atom. The SMILES string of the molecule is COc1ccc([C@H]2/C(=C(\O)c3ccccc3)C(=O)C(=O)N2c2ccc(Br)cc2)cc1. The highest BCUT2D eigenvalue weighted by atomic mass is 79.9. The first kappa shape index (κ1) is 19.9. The minimum atomic E-state index is -0.766. The molecule has 6 heteroatoms. The molecule has 1 saturated heterocycles. The van der Waals surface area contributed by atoms with E-state index in [-0.39, 0.29) is 11.3 Å². The van der Waals surface area contributed by atoms with Gasteiger partial charge in [0.25, 0.3) is 11.7 Å². The van der Waals surface area contributed by atoms with E-state index in [1.165, 1.54) is 4.90 Å². The number of methoxy groups -OCH3 is 1. The van der Waals surface area contributed by atoms with Crippen LogP contribution in [0, 0.1) is 0 Å². The zero-order valence-corrected chi connectivity index (χ0v) is 17.7. The summed E-state index contributed by atoms with van der Waals surface area (Å²) in [5.74, 6) is -0.951. The van der Waals surface area contributed by atoms with Gasteiger partial charge in [0.15, 0.2) is 0 Å². The molecule has 4 rings (SSSR count). The minimum Gasteiger partial charge on any atom is -0.507 e. The van der Waals surface area contributed by atoms with Crippen molar-refractivity contribution in [1.82, 2.24) is 0 Å². The zero-order valence-electron chi connectivity index (χ0n) is 16.1. The number of carbonyl (C=O) groups is 2. The van der Waals surface area contributed by atoms with Crippen LogP contribution in [0.3, 0.4) is 0 Å². The summed E-state index contributed by atoms with van der Waals surface area (Å²) in [6.07, 6.45) is 0. The van der Waals surface area contributed by atoms with Crippen LogP contribution in [0.15, 0.2) is 88.9 Å². The Kier molecular flexibility index (Phi) is 5.42. The number of hydrogen-bond acceptors (Lipinski definition) is 4. The van der Waals surface area contributed by atoms with E-state index in [0.29, 0.717) is 22.6 Å². The van der Waals surface area contributed by atoms with E-state index in [9.17, 15) is 14.7 Å². The lowest BCUT2D eigenvalue weighted by Gasteiger charge is -2.25. The van der Waals surface area contributed by atoms with Gasteiger partial charge < -0.3 is 9.84 Å². The molecular formula is C24H18BrNO4. The summed E-state index contributed by atoms with van der Waals surface area (Å²) in [7, 11) is 1.57. The van der Waals surface area contributed by atoms with Crippen LogP contribution in [0.5, 0.6) is 5.75 Å². The van der Waals surface area contributed by atoms with Crippen molar-refractivity contribution in [2.75, 3.05) is 12.0 Å². The van der Waals surface area contributed by atoms with Gasteiger partial charge in [-0.1, -0.05) is 58.4 Å². The van der Waals surface area contributed by atoms with Gasteiger partial charge in [0.1, 0.15) is 11.5 Å². The molecule has 3 aromatic rings. The summed E-state index contributed by atoms with van der Waals surface area (Å²) >= 11 is 3.39. The van der Waals surface area contributed by atoms with Crippen LogP contribution in [0.2, 0.25) is 0 Å². The number of nitrogens with zero attached hydrogens (tertiary/aromatic N) is 1. The normalized spacial score (nSPS) is 17.9. The Hall–Kier alpha value is -3.38. The third kappa shape index (κ3) is 3.50. The van der Waals surface area contributed by atoms with E-state index in [1.807, 2.05) is 6.07 Å². The molecule has 1 aliphatic heterocycles. The molecule has 1 atom stereocenters. The third-order valence-corrected chi connectivity index (χ3v) is 5.56. The summed E-state index contributed by atoms with van der Waals surface area (Å²) in [6, 6.07) is 22.2. The highest BCUT2D eigenvalue weighted by Gasteiger charge is 2.46. The van der Waals surface area contributed by atoms with Crippen molar-refractivity contribution in [3.8, 4) is 5.75 Å². The van der Waals surface area contributed by atoms with Crippen LogP contribution in [-0.2, 0) is 9.59 Å². The maximum atomic E-state index is 13.0. The number of ketones is 1. The van der Waals surface area contributed by atoms with Crippen molar-refractivity contribution in [2.24, 2.45) is 0 Å².